The molecule has 0 aliphatic heterocycles. The lowest BCUT2D eigenvalue weighted by Gasteiger charge is -2.12. The summed E-state index contributed by atoms with van der Waals surface area (Å²) in [5.41, 5.74) is 10.2. The molecule has 116 valence electrons. The molecule has 0 saturated heterocycles. The predicted octanol–water partition coefficient (Wildman–Crippen LogP) is 3.45. The Kier molecular flexibility index (Phi) is 5.57. The average Bonchev–Trinajstić information content (AvgIpc) is 3.04. The largest absolute Gasteiger partial charge is 0.384 e. The molecule has 1 heterocycles. The fraction of sp³-hybridized carbons (Fsp3) is 0.312. The zero-order chi connectivity index (χ0) is 15.9. The number of benzene rings is 1. The van der Waals surface area contributed by atoms with Crippen molar-refractivity contribution in [1.29, 1.82) is 5.53 Å². The number of aromatic amines is 1. The van der Waals surface area contributed by atoms with E-state index in [-0.39, 0.29) is 5.92 Å². The number of aromatic nitrogens is 2. The lowest BCUT2D eigenvalue weighted by Crippen LogP contribution is -2.13. The van der Waals surface area contributed by atoms with E-state index >= 15 is 0 Å². The summed E-state index contributed by atoms with van der Waals surface area (Å²) >= 11 is 0. The maximum absolute atomic E-state index is 6.98. The number of methoxy groups -OCH3 is 2. The molecule has 1 aromatic carbocycles. The molecule has 0 unspecified atom stereocenters. The molecular formula is C16H20N4O2. The van der Waals surface area contributed by atoms with E-state index in [0.717, 1.165) is 22.6 Å². The third kappa shape index (κ3) is 3.66. The summed E-state index contributed by atoms with van der Waals surface area (Å²) in [7, 11) is 3.32. The number of nitrogens with one attached hydrogen (secondary N) is 2. The van der Waals surface area contributed by atoms with Crippen LogP contribution in [0.3, 0.4) is 0 Å². The Morgan fingerprint density at radius 2 is 1.91 bits per heavy atom. The van der Waals surface area contributed by atoms with Gasteiger partial charge in [-0.3, -0.25) is 0 Å². The van der Waals surface area contributed by atoms with E-state index in [0.29, 0.717) is 18.9 Å². The highest BCUT2D eigenvalue weighted by molar-refractivity contribution is 5.66. The molecule has 0 amide bonds. The molecule has 0 aliphatic carbocycles. The van der Waals surface area contributed by atoms with Gasteiger partial charge in [-0.2, -0.15) is 5.11 Å². The molecule has 6 nitrogen and oxygen atoms in total. The molecule has 2 aromatic rings. The van der Waals surface area contributed by atoms with Crippen molar-refractivity contribution in [2.45, 2.75) is 5.92 Å². The van der Waals surface area contributed by atoms with Gasteiger partial charge in [-0.25, -0.2) is 10.5 Å². The number of H-pyrrole nitrogens is 1. The molecule has 0 saturated carbocycles. The first-order valence-electron chi connectivity index (χ1n) is 6.89. The first-order chi connectivity index (χ1) is 10.7. The number of hydrogen-bond acceptors (Lipinski definition) is 5. The van der Waals surface area contributed by atoms with Gasteiger partial charge in [0.05, 0.1) is 36.7 Å². The Hall–Kier alpha value is -2.31. The van der Waals surface area contributed by atoms with Crippen molar-refractivity contribution in [3.63, 3.8) is 0 Å². The van der Waals surface area contributed by atoms with Gasteiger partial charge in [0.25, 0.3) is 0 Å². The minimum Gasteiger partial charge on any atom is -0.384 e. The smallest absolute Gasteiger partial charge is 0.114 e. The van der Waals surface area contributed by atoms with E-state index in [4.69, 9.17) is 15.0 Å². The van der Waals surface area contributed by atoms with E-state index in [1.807, 2.05) is 24.3 Å². The topological polar surface area (TPSA) is 83.3 Å². The minimum atomic E-state index is 0.0740. The van der Waals surface area contributed by atoms with Gasteiger partial charge in [0.1, 0.15) is 5.82 Å². The summed E-state index contributed by atoms with van der Waals surface area (Å²) in [6.07, 6.45) is 1.80. The predicted molar refractivity (Wildman–Crippen MR) is 84.7 cm³/mol. The van der Waals surface area contributed by atoms with E-state index in [9.17, 15) is 0 Å². The number of hydrogen-bond donors (Lipinski definition) is 2. The summed E-state index contributed by atoms with van der Waals surface area (Å²) in [6, 6.07) is 7.67. The number of imidazole rings is 1. The fourth-order valence-electron chi connectivity index (χ4n) is 2.21. The maximum Gasteiger partial charge on any atom is 0.114 e. The molecule has 0 spiro atoms. The van der Waals surface area contributed by atoms with Crippen LogP contribution in [0, 0.1) is 5.53 Å². The molecule has 6 heteroatoms. The molecule has 0 aliphatic rings. The highest BCUT2D eigenvalue weighted by Crippen LogP contribution is 2.23. The molecule has 0 radical (unpaired) electrons. The molecule has 2 rings (SSSR count). The van der Waals surface area contributed by atoms with Crippen LogP contribution in [0.2, 0.25) is 0 Å². The van der Waals surface area contributed by atoms with Crippen LogP contribution in [0.5, 0.6) is 0 Å². The molecule has 0 bridgehead atoms. The van der Waals surface area contributed by atoms with Crippen molar-refractivity contribution >= 4 is 5.70 Å². The van der Waals surface area contributed by atoms with Crippen LogP contribution in [0.1, 0.15) is 17.3 Å². The van der Waals surface area contributed by atoms with Crippen LogP contribution in [0.15, 0.2) is 42.2 Å². The Balaban J connectivity index is 2.19. The number of nitrogens with zero attached hydrogens (tertiary/aromatic N) is 2. The summed E-state index contributed by atoms with van der Waals surface area (Å²) in [6.45, 7) is 4.80. The molecule has 2 N–H and O–H groups in total. The second kappa shape index (κ2) is 7.63. The third-order valence-electron chi connectivity index (χ3n) is 3.38. The number of ether oxygens (including phenoxy) is 2. The zero-order valence-electron chi connectivity index (χ0n) is 12.8. The van der Waals surface area contributed by atoms with Crippen molar-refractivity contribution in [1.82, 2.24) is 9.97 Å². The normalized spacial score (nSPS) is 10.9. The maximum atomic E-state index is 6.98. The standard InChI is InChI=1S/C16H20N4O2/c1-11(20-17)12-4-6-13(7-5-12)15-8-18-16(19-15)14(9-21-2)10-22-3/h4-8,14,17H,1,9-10H2,2-3H3,(H,18,19). The Labute approximate surface area is 129 Å². The monoisotopic (exact) mass is 300 g/mol. The highest BCUT2D eigenvalue weighted by Gasteiger charge is 2.15. The van der Waals surface area contributed by atoms with E-state index in [1.54, 1.807) is 20.4 Å². The van der Waals surface area contributed by atoms with Gasteiger partial charge >= 0.3 is 0 Å². The van der Waals surface area contributed by atoms with Gasteiger partial charge in [-0.1, -0.05) is 30.8 Å². The van der Waals surface area contributed by atoms with Gasteiger partial charge < -0.3 is 14.5 Å². The lowest BCUT2D eigenvalue weighted by atomic mass is 10.1. The SMILES string of the molecule is C=C(N=N)c1ccc(-c2cnc(C(COC)COC)[nH]2)cc1. The van der Waals surface area contributed by atoms with Crippen molar-refractivity contribution in [2.75, 3.05) is 27.4 Å². The van der Waals surface area contributed by atoms with Gasteiger partial charge in [0, 0.05) is 19.8 Å². The van der Waals surface area contributed by atoms with Crippen molar-refractivity contribution in [2.24, 2.45) is 5.11 Å². The van der Waals surface area contributed by atoms with Crippen LogP contribution < -0.4 is 0 Å². The third-order valence-corrected chi connectivity index (χ3v) is 3.38. The Bertz CT molecular complexity index is 628. The Morgan fingerprint density at radius 3 is 2.45 bits per heavy atom. The zero-order valence-corrected chi connectivity index (χ0v) is 12.8. The molecule has 0 fully saturated rings. The quantitative estimate of drug-likeness (QED) is 0.732. The van der Waals surface area contributed by atoms with Crippen LogP contribution in [0.4, 0.5) is 0 Å². The summed E-state index contributed by atoms with van der Waals surface area (Å²) in [5, 5.41) is 3.34. The summed E-state index contributed by atoms with van der Waals surface area (Å²) in [5.74, 6) is 0.915. The summed E-state index contributed by atoms with van der Waals surface area (Å²) in [4.78, 5) is 7.73. The van der Waals surface area contributed by atoms with Crippen molar-refractivity contribution < 1.29 is 9.47 Å². The van der Waals surface area contributed by atoms with Gasteiger partial charge in [0.2, 0.25) is 0 Å². The van der Waals surface area contributed by atoms with E-state index < -0.39 is 0 Å². The van der Waals surface area contributed by atoms with Gasteiger partial charge in [0.15, 0.2) is 0 Å². The Morgan fingerprint density at radius 1 is 1.27 bits per heavy atom. The highest BCUT2D eigenvalue weighted by atomic mass is 16.5. The van der Waals surface area contributed by atoms with E-state index in [2.05, 4.69) is 21.7 Å². The molecular weight excluding hydrogens is 280 g/mol. The molecule has 1 aromatic heterocycles. The average molecular weight is 300 g/mol. The first-order valence-corrected chi connectivity index (χ1v) is 6.89. The van der Waals surface area contributed by atoms with E-state index in [1.165, 1.54) is 0 Å². The van der Waals surface area contributed by atoms with Gasteiger partial charge in [-0.15, -0.1) is 0 Å². The number of rotatable bonds is 8. The van der Waals surface area contributed by atoms with Crippen LogP contribution in [0.25, 0.3) is 17.0 Å². The van der Waals surface area contributed by atoms with Gasteiger partial charge in [-0.05, 0) is 5.56 Å². The summed E-state index contributed by atoms with van der Waals surface area (Å²) < 4.78 is 10.4. The first kappa shape index (κ1) is 16.1. The lowest BCUT2D eigenvalue weighted by molar-refractivity contribution is 0.114. The second-order valence-corrected chi connectivity index (χ2v) is 4.93. The molecule has 0 atom stereocenters. The molecule has 22 heavy (non-hydrogen) atoms. The van der Waals surface area contributed by atoms with Crippen LogP contribution in [-0.4, -0.2) is 37.4 Å². The van der Waals surface area contributed by atoms with Crippen LogP contribution in [-0.2, 0) is 9.47 Å². The minimum absolute atomic E-state index is 0.0740. The van der Waals surface area contributed by atoms with Crippen molar-refractivity contribution in [3.8, 4) is 11.3 Å². The fourth-order valence-corrected chi connectivity index (χ4v) is 2.21. The van der Waals surface area contributed by atoms with Crippen LogP contribution >= 0.6 is 0 Å². The van der Waals surface area contributed by atoms with Crippen molar-refractivity contribution in [3.05, 3.63) is 48.4 Å². The second-order valence-electron chi connectivity index (χ2n) is 4.93.